The van der Waals surface area contributed by atoms with Crippen LogP contribution in [0.2, 0.25) is 4.34 Å². The van der Waals surface area contributed by atoms with Crippen molar-refractivity contribution in [3.05, 3.63) is 21.3 Å². The maximum absolute atomic E-state index is 5.99. The van der Waals surface area contributed by atoms with Gasteiger partial charge >= 0.3 is 0 Å². The Labute approximate surface area is 113 Å². The smallest absolute Gasteiger partial charge is 0.0931 e. The molecule has 1 aromatic heterocycles. The summed E-state index contributed by atoms with van der Waals surface area (Å²) in [5, 5.41) is 5.59. The van der Waals surface area contributed by atoms with Gasteiger partial charge in [0.1, 0.15) is 0 Å². The number of hydrogen-bond donors (Lipinski definition) is 1. The highest BCUT2D eigenvalue weighted by atomic mass is 35.5. The van der Waals surface area contributed by atoms with Crippen molar-refractivity contribution in [2.75, 3.05) is 26.7 Å². The normalized spacial score (nSPS) is 19.8. The fraction of sp³-hybridized carbons (Fsp3) is 0.692. The summed E-state index contributed by atoms with van der Waals surface area (Å²) in [6.45, 7) is 5.81. The quantitative estimate of drug-likeness (QED) is 0.904. The molecule has 96 valence electrons. The highest BCUT2D eigenvalue weighted by Crippen LogP contribution is 2.28. The molecule has 0 aromatic carbocycles. The number of hydrogen-bond acceptors (Lipinski definition) is 3. The highest BCUT2D eigenvalue weighted by Gasteiger charge is 2.19. The van der Waals surface area contributed by atoms with Gasteiger partial charge in [-0.3, -0.25) is 4.90 Å². The molecule has 1 fully saturated rings. The van der Waals surface area contributed by atoms with E-state index in [2.05, 4.69) is 35.6 Å². The van der Waals surface area contributed by atoms with Crippen molar-refractivity contribution in [2.24, 2.45) is 5.92 Å². The molecule has 1 unspecified atom stereocenters. The summed E-state index contributed by atoms with van der Waals surface area (Å²) in [7, 11) is 2.22. The summed E-state index contributed by atoms with van der Waals surface area (Å²) < 4.78 is 0.891. The minimum Gasteiger partial charge on any atom is -0.317 e. The Kier molecular flexibility index (Phi) is 4.86. The molecule has 1 atom stereocenters. The lowest BCUT2D eigenvalue weighted by Crippen LogP contribution is -2.35. The Hall–Kier alpha value is -0.0900. The standard InChI is InChI=1S/C13H21ClN2S/c1-10(12-7-13(14)17-9-12)16(2)8-11-3-5-15-6-4-11/h7,9-11,15H,3-6,8H2,1-2H3. The predicted molar refractivity (Wildman–Crippen MR) is 76.0 cm³/mol. The van der Waals surface area contributed by atoms with Gasteiger partial charge < -0.3 is 5.32 Å². The highest BCUT2D eigenvalue weighted by molar-refractivity contribution is 7.14. The summed E-state index contributed by atoms with van der Waals surface area (Å²) in [6.07, 6.45) is 2.61. The molecule has 1 aliphatic rings. The predicted octanol–water partition coefficient (Wildman–Crippen LogP) is 3.39. The number of halogens is 1. The van der Waals surface area contributed by atoms with Gasteiger partial charge in [0.25, 0.3) is 0 Å². The molecule has 1 N–H and O–H groups in total. The van der Waals surface area contributed by atoms with E-state index in [1.165, 1.54) is 38.0 Å². The van der Waals surface area contributed by atoms with Gasteiger partial charge in [-0.15, -0.1) is 11.3 Å². The Morgan fingerprint density at radius 1 is 1.53 bits per heavy atom. The molecule has 2 heterocycles. The van der Waals surface area contributed by atoms with Crippen molar-refractivity contribution in [3.8, 4) is 0 Å². The number of piperidine rings is 1. The first-order chi connectivity index (χ1) is 8.16. The van der Waals surface area contributed by atoms with Crippen molar-refractivity contribution >= 4 is 22.9 Å². The third-order valence-electron chi connectivity index (χ3n) is 3.74. The first-order valence-corrected chi connectivity index (χ1v) is 7.57. The molecular formula is C13H21ClN2S. The van der Waals surface area contributed by atoms with Gasteiger partial charge in [-0.25, -0.2) is 0 Å². The summed E-state index contributed by atoms with van der Waals surface area (Å²) in [5.74, 6) is 0.845. The van der Waals surface area contributed by atoms with E-state index in [0.29, 0.717) is 6.04 Å². The summed E-state index contributed by atoms with van der Waals surface area (Å²) in [5.41, 5.74) is 1.34. The third-order valence-corrected chi connectivity index (χ3v) is 4.85. The number of nitrogens with one attached hydrogen (secondary N) is 1. The molecule has 4 heteroatoms. The molecule has 17 heavy (non-hydrogen) atoms. The van der Waals surface area contributed by atoms with Crippen molar-refractivity contribution in [2.45, 2.75) is 25.8 Å². The van der Waals surface area contributed by atoms with E-state index in [4.69, 9.17) is 11.6 Å². The first kappa shape index (κ1) is 13.3. The van der Waals surface area contributed by atoms with Gasteiger partial charge in [0.15, 0.2) is 0 Å². The van der Waals surface area contributed by atoms with Crippen LogP contribution in [0.4, 0.5) is 0 Å². The summed E-state index contributed by atoms with van der Waals surface area (Å²) in [6, 6.07) is 2.56. The molecule has 1 aliphatic heterocycles. The summed E-state index contributed by atoms with van der Waals surface area (Å²) in [4.78, 5) is 2.45. The van der Waals surface area contributed by atoms with Crippen molar-refractivity contribution in [3.63, 3.8) is 0 Å². The van der Waals surface area contributed by atoms with Crippen LogP contribution in [0.25, 0.3) is 0 Å². The van der Waals surface area contributed by atoms with Gasteiger partial charge in [-0.2, -0.15) is 0 Å². The molecule has 2 nitrogen and oxygen atoms in total. The lowest BCUT2D eigenvalue weighted by atomic mass is 9.97. The summed E-state index contributed by atoms with van der Waals surface area (Å²) >= 11 is 7.62. The van der Waals surface area contributed by atoms with Crippen LogP contribution in [-0.4, -0.2) is 31.6 Å². The van der Waals surface area contributed by atoms with Crippen LogP contribution >= 0.6 is 22.9 Å². The van der Waals surface area contributed by atoms with Crippen LogP contribution in [0.5, 0.6) is 0 Å². The Morgan fingerprint density at radius 2 is 2.24 bits per heavy atom. The topological polar surface area (TPSA) is 15.3 Å². The van der Waals surface area contributed by atoms with Gasteiger partial charge in [-0.05, 0) is 62.8 Å². The van der Waals surface area contributed by atoms with E-state index >= 15 is 0 Å². The van der Waals surface area contributed by atoms with Crippen molar-refractivity contribution in [1.82, 2.24) is 10.2 Å². The van der Waals surface area contributed by atoms with Gasteiger partial charge in [0.05, 0.1) is 4.34 Å². The minimum absolute atomic E-state index is 0.466. The zero-order chi connectivity index (χ0) is 12.3. The zero-order valence-corrected chi connectivity index (χ0v) is 12.2. The molecular weight excluding hydrogens is 252 g/mol. The van der Waals surface area contributed by atoms with Crippen LogP contribution in [0.1, 0.15) is 31.4 Å². The molecule has 0 spiro atoms. The fourth-order valence-electron chi connectivity index (χ4n) is 2.43. The number of thiophene rings is 1. The molecule has 0 aliphatic carbocycles. The average molecular weight is 273 g/mol. The monoisotopic (exact) mass is 272 g/mol. The van der Waals surface area contributed by atoms with E-state index in [1.54, 1.807) is 11.3 Å². The Balaban J connectivity index is 1.88. The van der Waals surface area contributed by atoms with Crippen LogP contribution in [0, 0.1) is 5.92 Å². The van der Waals surface area contributed by atoms with E-state index in [-0.39, 0.29) is 0 Å². The first-order valence-electron chi connectivity index (χ1n) is 6.31. The zero-order valence-electron chi connectivity index (χ0n) is 10.6. The largest absolute Gasteiger partial charge is 0.317 e. The Morgan fingerprint density at radius 3 is 2.82 bits per heavy atom. The van der Waals surface area contributed by atoms with E-state index in [0.717, 1.165) is 10.3 Å². The van der Waals surface area contributed by atoms with Gasteiger partial charge in [0.2, 0.25) is 0 Å². The molecule has 1 aromatic rings. The van der Waals surface area contributed by atoms with Gasteiger partial charge in [0, 0.05) is 12.6 Å². The molecule has 0 bridgehead atoms. The number of nitrogens with zero attached hydrogens (tertiary/aromatic N) is 1. The van der Waals surface area contributed by atoms with Crippen LogP contribution in [-0.2, 0) is 0 Å². The second-order valence-electron chi connectivity index (χ2n) is 4.99. The fourth-order valence-corrected chi connectivity index (χ4v) is 3.40. The van der Waals surface area contributed by atoms with E-state index < -0.39 is 0 Å². The molecule has 0 amide bonds. The second-order valence-corrected chi connectivity index (χ2v) is 6.54. The molecule has 0 radical (unpaired) electrons. The number of rotatable bonds is 4. The molecule has 1 saturated heterocycles. The maximum atomic E-state index is 5.99. The van der Waals surface area contributed by atoms with E-state index in [9.17, 15) is 0 Å². The van der Waals surface area contributed by atoms with Crippen LogP contribution < -0.4 is 5.32 Å². The van der Waals surface area contributed by atoms with Crippen LogP contribution in [0.3, 0.4) is 0 Å². The van der Waals surface area contributed by atoms with E-state index in [1.807, 2.05) is 0 Å². The lowest BCUT2D eigenvalue weighted by Gasteiger charge is -2.31. The Bertz CT molecular complexity index is 347. The maximum Gasteiger partial charge on any atom is 0.0931 e. The molecule has 2 rings (SSSR count). The van der Waals surface area contributed by atoms with Crippen molar-refractivity contribution in [1.29, 1.82) is 0 Å². The third kappa shape index (κ3) is 3.68. The van der Waals surface area contributed by atoms with Gasteiger partial charge in [-0.1, -0.05) is 11.6 Å². The van der Waals surface area contributed by atoms with Crippen LogP contribution in [0.15, 0.2) is 11.4 Å². The second kappa shape index (κ2) is 6.19. The molecule has 0 saturated carbocycles. The minimum atomic E-state index is 0.466. The SMILES string of the molecule is CC(c1csc(Cl)c1)N(C)CC1CCNCC1. The average Bonchev–Trinajstić information content (AvgIpc) is 2.76. The van der Waals surface area contributed by atoms with Crippen molar-refractivity contribution < 1.29 is 0 Å². The lowest BCUT2D eigenvalue weighted by molar-refractivity contribution is 0.197.